The number of hydrogen-bond donors (Lipinski definition) is 1. The largest absolute Gasteiger partial charge is 0.354 e. The van der Waals surface area contributed by atoms with Gasteiger partial charge in [-0.2, -0.15) is 5.26 Å². The van der Waals surface area contributed by atoms with Crippen LogP contribution in [0.15, 0.2) is 0 Å². The first-order valence-corrected chi connectivity index (χ1v) is 5.46. The zero-order valence-electron chi connectivity index (χ0n) is 8.38. The second-order valence-electron chi connectivity index (χ2n) is 4.55. The molecule has 0 aromatic carbocycles. The van der Waals surface area contributed by atoms with Crippen LogP contribution in [-0.2, 0) is 4.79 Å². The van der Waals surface area contributed by atoms with Crippen molar-refractivity contribution in [3.05, 3.63) is 0 Å². The fraction of sp³-hybridized carbons (Fsp3) is 0.818. The molecule has 0 aromatic rings. The lowest BCUT2D eigenvalue weighted by atomic mass is 9.87. The second kappa shape index (κ2) is 3.61. The lowest BCUT2D eigenvalue weighted by molar-refractivity contribution is -0.128. The first-order valence-electron chi connectivity index (χ1n) is 5.46. The van der Waals surface area contributed by atoms with Gasteiger partial charge in [0.05, 0.1) is 6.07 Å². The quantitative estimate of drug-likeness (QED) is 0.738. The summed E-state index contributed by atoms with van der Waals surface area (Å²) in [5.74, 6) is 0.667. The highest BCUT2D eigenvalue weighted by molar-refractivity contribution is 5.85. The predicted octanol–water partition coefficient (Wildman–Crippen LogP) is 1.60. The van der Waals surface area contributed by atoms with E-state index in [4.69, 9.17) is 5.26 Å². The third-order valence-corrected chi connectivity index (χ3v) is 3.35. The van der Waals surface area contributed by atoms with Gasteiger partial charge in [0.1, 0.15) is 5.41 Å². The van der Waals surface area contributed by atoms with E-state index >= 15 is 0 Å². The normalized spacial score (nSPS) is 24.2. The zero-order valence-corrected chi connectivity index (χ0v) is 8.38. The number of carbonyl (C=O) groups is 1. The SMILES string of the molecule is N#CC1(C(=O)NCC2CC2)CCCC1. The molecule has 0 bridgehead atoms. The predicted molar refractivity (Wildman–Crippen MR) is 52.2 cm³/mol. The molecule has 0 aromatic heterocycles. The molecule has 2 aliphatic rings. The fourth-order valence-corrected chi connectivity index (χ4v) is 2.10. The van der Waals surface area contributed by atoms with E-state index in [1.165, 1.54) is 12.8 Å². The van der Waals surface area contributed by atoms with Crippen molar-refractivity contribution in [3.8, 4) is 6.07 Å². The van der Waals surface area contributed by atoms with Gasteiger partial charge in [-0.1, -0.05) is 12.8 Å². The molecular formula is C11H16N2O. The molecule has 0 saturated heterocycles. The van der Waals surface area contributed by atoms with Crippen molar-refractivity contribution in [1.29, 1.82) is 5.26 Å². The van der Waals surface area contributed by atoms with Gasteiger partial charge in [-0.25, -0.2) is 0 Å². The highest BCUT2D eigenvalue weighted by atomic mass is 16.2. The maximum Gasteiger partial charge on any atom is 0.240 e. The van der Waals surface area contributed by atoms with Crippen LogP contribution in [0.25, 0.3) is 0 Å². The van der Waals surface area contributed by atoms with Crippen LogP contribution in [0.5, 0.6) is 0 Å². The first kappa shape index (κ1) is 9.51. The Morgan fingerprint density at radius 1 is 1.43 bits per heavy atom. The molecule has 3 nitrogen and oxygen atoms in total. The topological polar surface area (TPSA) is 52.9 Å². The van der Waals surface area contributed by atoms with Gasteiger partial charge >= 0.3 is 0 Å². The summed E-state index contributed by atoms with van der Waals surface area (Å²) in [7, 11) is 0. The van der Waals surface area contributed by atoms with Crippen molar-refractivity contribution in [2.75, 3.05) is 6.54 Å². The van der Waals surface area contributed by atoms with E-state index in [2.05, 4.69) is 11.4 Å². The number of nitriles is 1. The van der Waals surface area contributed by atoms with Crippen molar-refractivity contribution < 1.29 is 4.79 Å². The maximum atomic E-state index is 11.8. The summed E-state index contributed by atoms with van der Waals surface area (Å²) >= 11 is 0. The Balaban J connectivity index is 1.90. The van der Waals surface area contributed by atoms with Crippen molar-refractivity contribution in [2.45, 2.75) is 38.5 Å². The van der Waals surface area contributed by atoms with Crippen LogP contribution in [0.1, 0.15) is 38.5 Å². The summed E-state index contributed by atoms with van der Waals surface area (Å²) in [6.07, 6.45) is 6.01. The smallest absolute Gasteiger partial charge is 0.240 e. The molecule has 0 radical (unpaired) electrons. The highest BCUT2D eigenvalue weighted by Gasteiger charge is 2.41. The second-order valence-corrected chi connectivity index (χ2v) is 4.55. The van der Waals surface area contributed by atoms with Crippen LogP contribution in [0.2, 0.25) is 0 Å². The Labute approximate surface area is 84.5 Å². The van der Waals surface area contributed by atoms with Gasteiger partial charge in [-0.05, 0) is 31.6 Å². The van der Waals surface area contributed by atoms with E-state index in [0.29, 0.717) is 5.92 Å². The first-order chi connectivity index (χ1) is 6.77. The van der Waals surface area contributed by atoms with Crippen LogP contribution in [0.3, 0.4) is 0 Å². The Morgan fingerprint density at radius 3 is 2.57 bits per heavy atom. The number of nitrogens with one attached hydrogen (secondary N) is 1. The minimum absolute atomic E-state index is 0.0237. The molecule has 0 aliphatic heterocycles. The van der Waals surface area contributed by atoms with Gasteiger partial charge in [-0.3, -0.25) is 4.79 Å². The van der Waals surface area contributed by atoms with Gasteiger partial charge in [0, 0.05) is 6.54 Å². The minimum Gasteiger partial charge on any atom is -0.354 e. The molecule has 14 heavy (non-hydrogen) atoms. The molecule has 0 unspecified atom stereocenters. The molecule has 2 saturated carbocycles. The van der Waals surface area contributed by atoms with Gasteiger partial charge < -0.3 is 5.32 Å². The minimum atomic E-state index is -0.686. The number of hydrogen-bond acceptors (Lipinski definition) is 2. The average molecular weight is 192 g/mol. The van der Waals surface area contributed by atoms with E-state index in [1.807, 2.05) is 0 Å². The standard InChI is InChI=1S/C11H16N2O/c12-8-11(5-1-2-6-11)10(14)13-7-9-3-4-9/h9H,1-7H2,(H,13,14). The van der Waals surface area contributed by atoms with E-state index in [9.17, 15) is 4.79 Å². The van der Waals surface area contributed by atoms with Gasteiger partial charge in [0.25, 0.3) is 0 Å². The van der Waals surface area contributed by atoms with E-state index in [-0.39, 0.29) is 5.91 Å². The lowest BCUT2D eigenvalue weighted by Gasteiger charge is -2.18. The van der Waals surface area contributed by atoms with E-state index in [0.717, 1.165) is 32.2 Å². The molecule has 2 rings (SSSR count). The number of rotatable bonds is 3. The van der Waals surface area contributed by atoms with Crippen molar-refractivity contribution in [2.24, 2.45) is 11.3 Å². The average Bonchev–Trinajstić information content (AvgIpc) is 2.90. The fourth-order valence-electron chi connectivity index (χ4n) is 2.10. The summed E-state index contributed by atoms with van der Waals surface area (Å²) in [5, 5.41) is 12.0. The lowest BCUT2D eigenvalue weighted by Crippen LogP contribution is -2.39. The summed E-state index contributed by atoms with van der Waals surface area (Å²) in [6, 6.07) is 2.21. The van der Waals surface area contributed by atoms with E-state index < -0.39 is 5.41 Å². The number of nitrogens with zero attached hydrogens (tertiary/aromatic N) is 1. The van der Waals surface area contributed by atoms with Gasteiger partial charge in [0.2, 0.25) is 5.91 Å². The molecule has 0 atom stereocenters. The summed E-state index contributed by atoms with van der Waals surface area (Å²) < 4.78 is 0. The Morgan fingerprint density at radius 2 is 2.07 bits per heavy atom. The molecule has 1 amide bonds. The third kappa shape index (κ3) is 1.75. The van der Waals surface area contributed by atoms with E-state index in [1.54, 1.807) is 0 Å². The highest BCUT2D eigenvalue weighted by Crippen LogP contribution is 2.38. The third-order valence-electron chi connectivity index (χ3n) is 3.35. The Kier molecular flexibility index (Phi) is 2.45. The Hall–Kier alpha value is -1.04. The molecule has 3 heteroatoms. The molecule has 0 spiro atoms. The van der Waals surface area contributed by atoms with Gasteiger partial charge in [-0.15, -0.1) is 0 Å². The number of amides is 1. The monoisotopic (exact) mass is 192 g/mol. The molecular weight excluding hydrogens is 176 g/mol. The molecule has 2 aliphatic carbocycles. The zero-order chi connectivity index (χ0) is 10.0. The van der Waals surface area contributed by atoms with Crippen molar-refractivity contribution >= 4 is 5.91 Å². The van der Waals surface area contributed by atoms with Crippen LogP contribution in [-0.4, -0.2) is 12.5 Å². The van der Waals surface area contributed by atoms with Crippen LogP contribution >= 0.6 is 0 Å². The van der Waals surface area contributed by atoms with Crippen LogP contribution < -0.4 is 5.32 Å². The van der Waals surface area contributed by atoms with Crippen molar-refractivity contribution in [1.82, 2.24) is 5.32 Å². The van der Waals surface area contributed by atoms with Crippen molar-refractivity contribution in [3.63, 3.8) is 0 Å². The number of carbonyl (C=O) groups excluding carboxylic acids is 1. The summed E-state index contributed by atoms with van der Waals surface area (Å²) in [5.41, 5.74) is -0.686. The molecule has 0 heterocycles. The molecule has 2 fully saturated rings. The van der Waals surface area contributed by atoms with Crippen LogP contribution in [0.4, 0.5) is 0 Å². The summed E-state index contributed by atoms with van der Waals surface area (Å²) in [6.45, 7) is 0.780. The molecule has 76 valence electrons. The summed E-state index contributed by atoms with van der Waals surface area (Å²) in [4.78, 5) is 11.8. The Bertz CT molecular complexity index is 270. The van der Waals surface area contributed by atoms with Gasteiger partial charge in [0.15, 0.2) is 0 Å². The maximum absolute atomic E-state index is 11.8. The molecule has 1 N–H and O–H groups in total. The van der Waals surface area contributed by atoms with Crippen LogP contribution in [0, 0.1) is 22.7 Å².